The van der Waals surface area contributed by atoms with Crippen LogP contribution in [0.5, 0.6) is 0 Å². The number of carbonyl (C=O) groups excluding carboxylic acids is 1. The average molecular weight is 449 g/mol. The number of amides is 1. The van der Waals surface area contributed by atoms with Crippen molar-refractivity contribution < 1.29 is 18.0 Å². The second kappa shape index (κ2) is 8.53. The van der Waals surface area contributed by atoms with Gasteiger partial charge in [-0.05, 0) is 62.1 Å². The van der Waals surface area contributed by atoms with Crippen LogP contribution in [0.15, 0.2) is 41.4 Å². The summed E-state index contributed by atoms with van der Waals surface area (Å²) in [5.41, 5.74) is -0.0167. The molecule has 1 N–H and O–H groups in total. The summed E-state index contributed by atoms with van der Waals surface area (Å²) >= 11 is 1.44. The zero-order chi connectivity index (χ0) is 22.2. The number of carbonyl (C=O) groups is 1. The molecule has 164 valence electrons. The van der Waals surface area contributed by atoms with Gasteiger partial charge in [-0.15, -0.1) is 11.8 Å². The van der Waals surface area contributed by atoms with Crippen molar-refractivity contribution in [1.82, 2.24) is 14.8 Å². The number of aromatic nitrogens is 3. The van der Waals surface area contributed by atoms with Gasteiger partial charge in [0.1, 0.15) is 11.4 Å². The Morgan fingerprint density at radius 1 is 1.19 bits per heavy atom. The van der Waals surface area contributed by atoms with Crippen LogP contribution in [0, 0.1) is 5.92 Å². The van der Waals surface area contributed by atoms with Crippen LogP contribution >= 0.6 is 11.8 Å². The fraction of sp³-hybridized carbons (Fsp3) is 0.409. The van der Waals surface area contributed by atoms with Crippen LogP contribution in [0.4, 0.5) is 18.9 Å². The minimum atomic E-state index is -4.61. The molecule has 0 radical (unpaired) electrons. The first-order valence-electron chi connectivity index (χ1n) is 10.2. The second-order valence-electron chi connectivity index (χ2n) is 7.99. The molecule has 3 aromatic rings. The lowest BCUT2D eigenvalue weighted by Crippen LogP contribution is -2.17. The topological polar surface area (TPSA) is 59.8 Å². The van der Waals surface area contributed by atoms with E-state index in [4.69, 9.17) is 5.10 Å². The highest BCUT2D eigenvalue weighted by Crippen LogP contribution is 2.35. The molecule has 0 saturated heterocycles. The van der Waals surface area contributed by atoms with Crippen LogP contribution in [0.2, 0.25) is 0 Å². The molecule has 31 heavy (non-hydrogen) atoms. The summed E-state index contributed by atoms with van der Waals surface area (Å²) in [6.07, 6.45) is 3.80. The minimum absolute atomic E-state index is 0.283. The van der Waals surface area contributed by atoms with E-state index in [1.165, 1.54) is 36.7 Å². The number of thioether (sulfide) groups is 1. The highest BCUT2D eigenvalue weighted by atomic mass is 32.2. The smallest absolute Gasteiger partial charge is 0.320 e. The van der Waals surface area contributed by atoms with Crippen molar-refractivity contribution >= 4 is 34.3 Å². The van der Waals surface area contributed by atoms with E-state index >= 15 is 0 Å². The normalized spacial score (nSPS) is 19.5. The Hall–Kier alpha value is -2.55. The molecule has 0 aliphatic heterocycles. The monoisotopic (exact) mass is 448 g/mol. The summed E-state index contributed by atoms with van der Waals surface area (Å²) in [6.45, 7) is 2.27. The number of anilines is 1. The second-order valence-corrected chi connectivity index (χ2v) is 8.84. The zero-order valence-corrected chi connectivity index (χ0v) is 18.1. The molecule has 1 saturated carbocycles. The lowest BCUT2D eigenvalue weighted by atomic mass is 9.87. The van der Waals surface area contributed by atoms with E-state index < -0.39 is 17.8 Å². The van der Waals surface area contributed by atoms with Crippen molar-refractivity contribution in [2.24, 2.45) is 5.92 Å². The van der Waals surface area contributed by atoms with Crippen LogP contribution in [-0.2, 0) is 6.18 Å². The number of benzene rings is 1. The summed E-state index contributed by atoms with van der Waals surface area (Å²) in [4.78, 5) is 16.9. The highest BCUT2D eigenvalue weighted by Gasteiger charge is 2.33. The van der Waals surface area contributed by atoms with E-state index in [1.807, 2.05) is 29.3 Å². The standard InChI is InChI=1S/C22H23F3N4OS/c1-13-6-8-15(9-7-13)29-12-14-10-18(19(31-2)11-17(14)28-29)27-21(30)16-4-3-5-20(26-16)22(23,24)25/h3-5,10-13,15H,6-9H2,1-2H3,(H,27,30)/t13-,15-. The predicted octanol–water partition coefficient (Wildman–Crippen LogP) is 6.18. The third-order valence-electron chi connectivity index (χ3n) is 5.72. The Morgan fingerprint density at radius 3 is 2.61 bits per heavy atom. The Bertz CT molecular complexity index is 1100. The Balaban J connectivity index is 1.60. The van der Waals surface area contributed by atoms with Gasteiger partial charge in [0.25, 0.3) is 5.91 Å². The van der Waals surface area contributed by atoms with Crippen LogP contribution in [0.1, 0.15) is 54.8 Å². The van der Waals surface area contributed by atoms with Gasteiger partial charge < -0.3 is 5.32 Å². The third-order valence-corrected chi connectivity index (χ3v) is 6.50. The maximum absolute atomic E-state index is 12.9. The van der Waals surface area contributed by atoms with Crippen LogP contribution in [0.3, 0.4) is 0 Å². The molecule has 2 aromatic heterocycles. The highest BCUT2D eigenvalue weighted by molar-refractivity contribution is 7.98. The molecule has 1 aromatic carbocycles. The largest absolute Gasteiger partial charge is 0.433 e. The Kier molecular flexibility index (Phi) is 5.96. The molecule has 0 bridgehead atoms. The van der Waals surface area contributed by atoms with E-state index in [1.54, 1.807) is 0 Å². The number of fused-ring (bicyclic) bond motifs is 1. The number of pyridine rings is 1. The molecule has 9 heteroatoms. The number of hydrogen-bond donors (Lipinski definition) is 1. The van der Waals surface area contributed by atoms with E-state index in [-0.39, 0.29) is 5.69 Å². The first kappa shape index (κ1) is 21.7. The number of nitrogens with one attached hydrogen (secondary N) is 1. The van der Waals surface area contributed by atoms with Gasteiger partial charge in [0.15, 0.2) is 0 Å². The summed E-state index contributed by atoms with van der Waals surface area (Å²) < 4.78 is 40.8. The van der Waals surface area contributed by atoms with Crippen molar-refractivity contribution in [2.45, 2.75) is 49.7 Å². The minimum Gasteiger partial charge on any atom is -0.320 e. The molecule has 0 spiro atoms. The lowest BCUT2D eigenvalue weighted by molar-refractivity contribution is -0.141. The van der Waals surface area contributed by atoms with Crippen molar-refractivity contribution in [2.75, 3.05) is 11.6 Å². The maximum atomic E-state index is 12.9. The zero-order valence-electron chi connectivity index (χ0n) is 17.2. The molecule has 1 aliphatic rings. The fourth-order valence-electron chi connectivity index (χ4n) is 3.94. The lowest BCUT2D eigenvalue weighted by Gasteiger charge is -2.26. The Morgan fingerprint density at radius 2 is 1.94 bits per heavy atom. The Labute approximate surface area is 182 Å². The molecule has 1 fully saturated rings. The number of rotatable bonds is 4. The summed E-state index contributed by atoms with van der Waals surface area (Å²) in [5.74, 6) is 0.0602. The van der Waals surface area contributed by atoms with Gasteiger partial charge in [-0.1, -0.05) is 13.0 Å². The molecule has 4 rings (SSSR count). The van der Waals surface area contributed by atoms with Gasteiger partial charge in [-0.2, -0.15) is 18.3 Å². The van der Waals surface area contributed by atoms with E-state index in [0.717, 1.165) is 40.6 Å². The van der Waals surface area contributed by atoms with Gasteiger partial charge in [-0.25, -0.2) is 4.98 Å². The summed E-state index contributed by atoms with van der Waals surface area (Å²) in [5, 5.41) is 8.34. The van der Waals surface area contributed by atoms with Crippen molar-refractivity contribution in [3.63, 3.8) is 0 Å². The molecular weight excluding hydrogens is 425 g/mol. The number of halogens is 3. The van der Waals surface area contributed by atoms with Gasteiger partial charge in [0.2, 0.25) is 0 Å². The van der Waals surface area contributed by atoms with E-state index in [9.17, 15) is 18.0 Å². The molecule has 2 heterocycles. The van der Waals surface area contributed by atoms with Crippen LogP contribution in [0.25, 0.3) is 10.9 Å². The van der Waals surface area contributed by atoms with Gasteiger partial charge in [0, 0.05) is 16.5 Å². The SMILES string of the molecule is CSc1cc2nn([C@H]3CC[C@H](C)CC3)cc2cc1NC(=O)c1cccc(C(F)(F)F)n1. The average Bonchev–Trinajstić information content (AvgIpc) is 3.16. The first-order chi connectivity index (χ1) is 14.7. The molecule has 0 unspecified atom stereocenters. The summed E-state index contributed by atoms with van der Waals surface area (Å²) in [7, 11) is 0. The third kappa shape index (κ3) is 4.71. The quantitative estimate of drug-likeness (QED) is 0.485. The fourth-order valence-corrected chi connectivity index (χ4v) is 4.50. The number of hydrogen-bond acceptors (Lipinski definition) is 4. The van der Waals surface area contributed by atoms with Gasteiger partial charge in [0.05, 0.1) is 17.2 Å². The molecule has 1 aliphatic carbocycles. The first-order valence-corrected chi connectivity index (χ1v) is 11.4. The van der Waals surface area contributed by atoms with Gasteiger partial charge >= 0.3 is 6.18 Å². The predicted molar refractivity (Wildman–Crippen MR) is 115 cm³/mol. The number of alkyl halides is 3. The van der Waals surface area contributed by atoms with Gasteiger partial charge in [-0.3, -0.25) is 9.48 Å². The van der Waals surface area contributed by atoms with Crippen molar-refractivity contribution in [3.8, 4) is 0 Å². The summed E-state index contributed by atoms with van der Waals surface area (Å²) in [6, 6.07) is 7.38. The van der Waals surface area contributed by atoms with E-state index in [0.29, 0.717) is 11.7 Å². The van der Waals surface area contributed by atoms with Crippen LogP contribution < -0.4 is 5.32 Å². The van der Waals surface area contributed by atoms with Crippen LogP contribution in [-0.4, -0.2) is 26.9 Å². The molecule has 0 atom stereocenters. The number of nitrogens with zero attached hydrogens (tertiary/aromatic N) is 3. The van der Waals surface area contributed by atoms with Crippen molar-refractivity contribution in [3.05, 3.63) is 47.9 Å². The molecule has 1 amide bonds. The van der Waals surface area contributed by atoms with Crippen molar-refractivity contribution in [1.29, 1.82) is 0 Å². The molecular formula is C22H23F3N4OS. The van der Waals surface area contributed by atoms with E-state index in [2.05, 4.69) is 17.2 Å². The maximum Gasteiger partial charge on any atom is 0.433 e. The molecule has 5 nitrogen and oxygen atoms in total.